The summed E-state index contributed by atoms with van der Waals surface area (Å²) in [5.41, 5.74) is 5.37. The molecule has 0 fully saturated rings. The van der Waals surface area contributed by atoms with Crippen molar-refractivity contribution >= 4 is 29.6 Å². The van der Waals surface area contributed by atoms with Gasteiger partial charge in [0.05, 0.1) is 6.54 Å². The molecule has 148 valence electrons. The third-order valence-electron chi connectivity index (χ3n) is 2.78. The van der Waals surface area contributed by atoms with Gasteiger partial charge >= 0.3 is 12.1 Å². The summed E-state index contributed by atoms with van der Waals surface area (Å²) in [7, 11) is 0. The lowest BCUT2D eigenvalue weighted by atomic mass is 10.2. The summed E-state index contributed by atoms with van der Waals surface area (Å²) in [5, 5.41) is 6.85. The van der Waals surface area contributed by atoms with E-state index in [-0.39, 0.29) is 19.6 Å². The lowest BCUT2D eigenvalue weighted by molar-refractivity contribution is -0.135. The van der Waals surface area contributed by atoms with Gasteiger partial charge in [0.25, 0.3) is 0 Å². The molecule has 0 radical (unpaired) electrons. The molecule has 0 unspecified atom stereocenters. The Kier molecular flexibility index (Phi) is 8.05. The Morgan fingerprint density at radius 1 is 0.889 bits per heavy atom. The first-order valence-electron chi connectivity index (χ1n) is 8.11. The van der Waals surface area contributed by atoms with E-state index in [9.17, 15) is 19.2 Å². The van der Waals surface area contributed by atoms with Crippen molar-refractivity contribution in [1.82, 2.24) is 16.0 Å². The number of hydrogen-bond acceptors (Lipinski definition) is 7. The van der Waals surface area contributed by atoms with Crippen LogP contribution in [0.1, 0.15) is 20.8 Å². The molecule has 27 heavy (non-hydrogen) atoms. The molecule has 1 aromatic rings. The number of nitrogen functional groups attached to an aromatic ring is 1. The summed E-state index contributed by atoms with van der Waals surface area (Å²) < 4.78 is 9.96. The molecular formula is C17H24N4O6. The summed E-state index contributed by atoms with van der Waals surface area (Å²) in [6.45, 7) is 4.00. The highest BCUT2D eigenvalue weighted by Crippen LogP contribution is 2.12. The number of alkyl carbamates (subject to hydrolysis) is 1. The van der Waals surface area contributed by atoms with Crippen LogP contribution in [0.5, 0.6) is 5.75 Å². The predicted molar refractivity (Wildman–Crippen MR) is 96.7 cm³/mol. The third kappa shape index (κ3) is 10.3. The number of esters is 1. The molecule has 1 rings (SSSR count). The smallest absolute Gasteiger partial charge is 0.408 e. The van der Waals surface area contributed by atoms with E-state index in [1.807, 2.05) is 0 Å². The van der Waals surface area contributed by atoms with Crippen LogP contribution in [0.3, 0.4) is 0 Å². The maximum atomic E-state index is 11.6. The summed E-state index contributed by atoms with van der Waals surface area (Å²) >= 11 is 0. The largest absolute Gasteiger partial charge is 0.444 e. The topological polar surface area (TPSA) is 149 Å². The van der Waals surface area contributed by atoms with Crippen molar-refractivity contribution in [2.75, 3.05) is 25.4 Å². The number of carbonyl (C=O) groups is 4. The van der Waals surface area contributed by atoms with Crippen molar-refractivity contribution < 1.29 is 28.7 Å². The molecule has 0 saturated carbocycles. The van der Waals surface area contributed by atoms with Crippen LogP contribution in [-0.4, -0.2) is 49.1 Å². The molecule has 0 aliphatic carbocycles. The minimum atomic E-state index is -0.743. The first-order valence-corrected chi connectivity index (χ1v) is 8.11. The average molecular weight is 380 g/mol. The van der Waals surface area contributed by atoms with Gasteiger partial charge in [0.15, 0.2) is 0 Å². The van der Waals surface area contributed by atoms with Crippen molar-refractivity contribution in [3.63, 3.8) is 0 Å². The maximum absolute atomic E-state index is 11.6. The van der Waals surface area contributed by atoms with E-state index < -0.39 is 29.5 Å². The quantitative estimate of drug-likeness (QED) is 0.294. The van der Waals surface area contributed by atoms with Gasteiger partial charge in [-0.05, 0) is 45.0 Å². The fraction of sp³-hybridized carbons (Fsp3) is 0.412. The van der Waals surface area contributed by atoms with Crippen molar-refractivity contribution in [3.05, 3.63) is 24.3 Å². The minimum absolute atomic E-state index is 0.296. The first-order chi connectivity index (χ1) is 12.5. The van der Waals surface area contributed by atoms with Gasteiger partial charge in [0, 0.05) is 5.69 Å². The molecule has 0 spiro atoms. The number of ether oxygens (including phenoxy) is 2. The van der Waals surface area contributed by atoms with E-state index in [2.05, 4.69) is 16.0 Å². The molecule has 0 aliphatic heterocycles. The van der Waals surface area contributed by atoms with Gasteiger partial charge in [-0.3, -0.25) is 9.59 Å². The summed E-state index contributed by atoms with van der Waals surface area (Å²) in [6, 6.07) is 6.18. The van der Waals surface area contributed by atoms with Crippen LogP contribution < -0.4 is 26.4 Å². The van der Waals surface area contributed by atoms with Crippen LogP contribution in [0.15, 0.2) is 24.3 Å². The zero-order valence-electron chi connectivity index (χ0n) is 15.5. The Morgan fingerprint density at radius 3 is 1.96 bits per heavy atom. The Labute approximate surface area is 156 Å². The van der Waals surface area contributed by atoms with E-state index in [0.717, 1.165) is 0 Å². The molecule has 5 N–H and O–H groups in total. The van der Waals surface area contributed by atoms with Gasteiger partial charge in [-0.15, -0.1) is 0 Å². The third-order valence-corrected chi connectivity index (χ3v) is 2.78. The fourth-order valence-corrected chi connectivity index (χ4v) is 1.64. The average Bonchev–Trinajstić information content (AvgIpc) is 2.57. The molecule has 3 amide bonds. The number of rotatable bonds is 7. The number of nitrogens with one attached hydrogen (secondary N) is 3. The Bertz CT molecular complexity index is 682. The number of hydrogen-bond donors (Lipinski definition) is 4. The molecule has 10 heteroatoms. The summed E-state index contributed by atoms with van der Waals surface area (Å²) in [6.07, 6.45) is -0.743. The monoisotopic (exact) mass is 380 g/mol. The molecule has 0 atom stereocenters. The zero-order valence-corrected chi connectivity index (χ0v) is 15.5. The van der Waals surface area contributed by atoms with Crippen LogP contribution in [0.4, 0.5) is 10.5 Å². The van der Waals surface area contributed by atoms with Crippen LogP contribution in [-0.2, 0) is 19.1 Å². The van der Waals surface area contributed by atoms with Gasteiger partial charge in [0.2, 0.25) is 11.8 Å². The molecule has 0 aromatic heterocycles. The van der Waals surface area contributed by atoms with Gasteiger partial charge < -0.3 is 31.2 Å². The van der Waals surface area contributed by atoms with Crippen molar-refractivity contribution in [3.8, 4) is 5.75 Å². The number of amides is 3. The Hall–Kier alpha value is -3.30. The maximum Gasteiger partial charge on any atom is 0.408 e. The molecule has 0 aliphatic rings. The van der Waals surface area contributed by atoms with Crippen LogP contribution >= 0.6 is 0 Å². The highest BCUT2D eigenvalue weighted by Gasteiger charge is 2.16. The second kappa shape index (κ2) is 10.00. The molecule has 0 saturated heterocycles. The van der Waals surface area contributed by atoms with Gasteiger partial charge in [0.1, 0.15) is 24.4 Å². The lowest BCUT2D eigenvalue weighted by Gasteiger charge is -2.19. The van der Waals surface area contributed by atoms with Crippen molar-refractivity contribution in [2.24, 2.45) is 0 Å². The molecule has 1 aromatic carbocycles. The Balaban J connectivity index is 2.20. The Morgan fingerprint density at radius 2 is 1.41 bits per heavy atom. The van der Waals surface area contributed by atoms with Crippen molar-refractivity contribution in [2.45, 2.75) is 26.4 Å². The fourth-order valence-electron chi connectivity index (χ4n) is 1.64. The van der Waals surface area contributed by atoms with E-state index in [0.29, 0.717) is 11.4 Å². The van der Waals surface area contributed by atoms with E-state index in [1.165, 1.54) is 12.1 Å². The van der Waals surface area contributed by atoms with Gasteiger partial charge in [-0.2, -0.15) is 0 Å². The zero-order chi connectivity index (χ0) is 20.4. The van der Waals surface area contributed by atoms with E-state index >= 15 is 0 Å². The molecular weight excluding hydrogens is 356 g/mol. The van der Waals surface area contributed by atoms with Crippen LogP contribution in [0, 0.1) is 0 Å². The minimum Gasteiger partial charge on any atom is -0.444 e. The normalized spacial score (nSPS) is 10.5. The predicted octanol–water partition coefficient (Wildman–Crippen LogP) is -0.0687. The first kappa shape index (κ1) is 21.7. The number of carbonyl (C=O) groups excluding carboxylic acids is 4. The highest BCUT2D eigenvalue weighted by molar-refractivity contribution is 5.88. The van der Waals surface area contributed by atoms with E-state index in [1.54, 1.807) is 32.9 Å². The van der Waals surface area contributed by atoms with Gasteiger partial charge in [-0.25, -0.2) is 9.59 Å². The van der Waals surface area contributed by atoms with Crippen molar-refractivity contribution in [1.29, 1.82) is 0 Å². The molecule has 0 bridgehead atoms. The summed E-state index contributed by atoms with van der Waals surface area (Å²) in [4.78, 5) is 46.2. The second-order valence-electron chi connectivity index (χ2n) is 6.45. The van der Waals surface area contributed by atoms with Gasteiger partial charge in [-0.1, -0.05) is 0 Å². The molecule has 0 heterocycles. The number of nitrogens with two attached hydrogens (primary N) is 1. The number of benzene rings is 1. The van der Waals surface area contributed by atoms with E-state index in [4.69, 9.17) is 15.2 Å². The number of anilines is 1. The lowest BCUT2D eigenvalue weighted by Crippen LogP contribution is -2.44. The standard InChI is InChI=1S/C17H24N4O6/c1-17(2,3)27-16(25)21-9-14(23)19-8-13(22)20-10-15(24)26-12-6-4-11(18)5-7-12/h4-7H,8-10,18H2,1-3H3,(H,19,23)(H,20,22)(H,21,25). The second-order valence-corrected chi connectivity index (χ2v) is 6.45. The van der Waals surface area contributed by atoms with Crippen LogP contribution in [0.2, 0.25) is 0 Å². The van der Waals surface area contributed by atoms with Crippen LogP contribution in [0.25, 0.3) is 0 Å². The summed E-state index contributed by atoms with van der Waals surface area (Å²) in [5.74, 6) is -1.55. The molecule has 10 nitrogen and oxygen atoms in total. The SMILES string of the molecule is CC(C)(C)OC(=O)NCC(=O)NCC(=O)NCC(=O)Oc1ccc(N)cc1. The highest BCUT2D eigenvalue weighted by atomic mass is 16.6.